The molecule has 351 valence electrons. The maximum Gasteiger partial charge on any atom is 0.364 e. The van der Waals surface area contributed by atoms with Crippen LogP contribution in [0.15, 0.2) is 0 Å². The number of aliphatic carboxylic acids is 3. The van der Waals surface area contributed by atoms with Crippen LogP contribution in [0.1, 0.15) is 52.4 Å². The summed E-state index contributed by atoms with van der Waals surface area (Å²) in [6.07, 6.45) is -25.3. The third kappa shape index (κ3) is 12.4. The molecule has 3 heterocycles. The summed E-state index contributed by atoms with van der Waals surface area (Å²) in [4.78, 5) is 50.5. The van der Waals surface area contributed by atoms with Crippen molar-refractivity contribution in [1.82, 2.24) is 10.6 Å². The molecule has 3 rings (SSSR count). The molecule has 0 spiro atoms. The summed E-state index contributed by atoms with van der Waals surface area (Å²) >= 11 is 0. The predicted octanol–water partition coefficient (Wildman–Crippen LogP) is -5.63. The Morgan fingerprint density at radius 2 is 1.16 bits per heavy atom. The van der Waals surface area contributed by atoms with Crippen LogP contribution in [-0.4, -0.2) is 228 Å². The Balaban J connectivity index is 0.0000128. The molecule has 61 heavy (non-hydrogen) atoms. The summed E-state index contributed by atoms with van der Waals surface area (Å²) in [7, 11) is 2.42. The Morgan fingerprint density at radius 3 is 1.61 bits per heavy atom. The van der Waals surface area contributed by atoms with E-state index in [4.69, 9.17) is 34.2 Å². The van der Waals surface area contributed by atoms with E-state index in [0.29, 0.717) is 12.8 Å². The standard InChI is InChI=1S/C35H60N3O22.Y/c1-5-6-7-20(45)38-23-16(44)10-35(32(53)54,60-29(23)24(46)17(11-39)55-4)56-18(12-40)25(47)27-21(36)14(42)9-34(59-27,31(51)52)57-19(13-41)26(48)28-22(37-3)15(43)8-33(2,58-28)30(49)50;/h14-19,21-29,36-37,39-44,46-48H,5-13H2,1-4H3,(H,38,45)(H,49,50)(H,51,52)(H,53,54);/q-1;/t14?,15?,16?,17-,18-,19-,21?,22?,23?,24-,25-,26-,27?,28?,29?,33?,34?,35?;/m1./s1. The van der Waals surface area contributed by atoms with Crippen molar-refractivity contribution in [3.63, 3.8) is 0 Å². The number of amides is 1. The van der Waals surface area contributed by atoms with Crippen LogP contribution in [0.3, 0.4) is 0 Å². The van der Waals surface area contributed by atoms with Gasteiger partial charge in [0.2, 0.25) is 5.91 Å². The summed E-state index contributed by atoms with van der Waals surface area (Å²) in [6.45, 7) is -0.512. The number of aliphatic hydroxyl groups is 9. The third-order valence-corrected chi connectivity index (χ3v) is 11.1. The van der Waals surface area contributed by atoms with E-state index in [1.165, 1.54) is 7.05 Å². The monoisotopic (exact) mass is 963 g/mol. The molecule has 1 radical (unpaired) electrons. The second-order valence-corrected chi connectivity index (χ2v) is 15.4. The fourth-order valence-electron chi connectivity index (χ4n) is 7.61. The molecule has 1 amide bonds. The van der Waals surface area contributed by atoms with Crippen LogP contribution in [0.5, 0.6) is 0 Å². The van der Waals surface area contributed by atoms with Gasteiger partial charge in [0.25, 0.3) is 11.6 Å². The number of carboxylic acid groups (broad SMARTS) is 3. The van der Waals surface area contributed by atoms with Crippen LogP contribution >= 0.6 is 0 Å². The van der Waals surface area contributed by atoms with E-state index in [9.17, 15) is 80.5 Å². The summed E-state index contributed by atoms with van der Waals surface area (Å²) < 4.78 is 33.2. The minimum absolute atomic E-state index is 0. The van der Waals surface area contributed by atoms with E-state index in [1.54, 1.807) is 6.92 Å². The summed E-state index contributed by atoms with van der Waals surface area (Å²) in [5.74, 6) is -12.5. The molecule has 25 nitrogen and oxygen atoms in total. The minimum atomic E-state index is -3.16. The van der Waals surface area contributed by atoms with Gasteiger partial charge in [-0.1, -0.05) is 19.4 Å². The van der Waals surface area contributed by atoms with Gasteiger partial charge in [0.1, 0.15) is 48.8 Å². The molecule has 18 atom stereocenters. The molecule has 0 bridgehead atoms. The Kier molecular flexibility index (Phi) is 21.3. The SMILES string of the molecule is CCCCC(=O)NC1C(O)CC(O[C@H](CO)[C@@H](O)C2OC(O[C@H](CO)[C@@H](O)C3OC(C)(C(=O)O)CC(O)C3NC)(C(=O)O)CC(O)C2[NH-])(C(=O)O)OC1[C@H](O)[C@@H](CO)OC.[Y]. The van der Waals surface area contributed by atoms with Crippen LogP contribution in [0.2, 0.25) is 0 Å². The van der Waals surface area contributed by atoms with Gasteiger partial charge in [-0.2, -0.15) is 0 Å². The van der Waals surface area contributed by atoms with E-state index in [1.807, 2.05) is 0 Å². The first-order valence-electron chi connectivity index (χ1n) is 19.3. The van der Waals surface area contributed by atoms with Gasteiger partial charge in [0.05, 0.1) is 50.2 Å². The van der Waals surface area contributed by atoms with Crippen LogP contribution in [0.4, 0.5) is 0 Å². The van der Waals surface area contributed by atoms with Crippen molar-refractivity contribution in [2.75, 3.05) is 34.0 Å². The Labute approximate surface area is 375 Å². The third-order valence-electron chi connectivity index (χ3n) is 11.1. The number of hydrogen-bond acceptors (Lipinski definition) is 20. The van der Waals surface area contributed by atoms with Crippen molar-refractivity contribution in [3.05, 3.63) is 5.73 Å². The van der Waals surface area contributed by atoms with Crippen molar-refractivity contribution < 1.29 is 142 Å². The van der Waals surface area contributed by atoms with Gasteiger partial charge in [-0.3, -0.25) is 4.79 Å². The van der Waals surface area contributed by atoms with Gasteiger partial charge >= 0.3 is 17.9 Å². The molecule has 12 unspecified atom stereocenters. The number of carboxylic acids is 3. The summed E-state index contributed by atoms with van der Waals surface area (Å²) in [6, 6.07) is -4.75. The molecular weight excluding hydrogens is 903 g/mol. The topological polar surface area (TPSA) is 414 Å². The molecule has 3 aliphatic rings. The first kappa shape index (κ1) is 55.4. The van der Waals surface area contributed by atoms with Gasteiger partial charge in [0.15, 0.2) is 5.60 Å². The maximum atomic E-state index is 12.9. The summed E-state index contributed by atoms with van der Waals surface area (Å²) in [5, 5.41) is 133. The molecule has 0 aromatic rings. The first-order valence-corrected chi connectivity index (χ1v) is 19.3. The molecule has 0 saturated carbocycles. The number of ether oxygens (including phenoxy) is 6. The number of likely N-dealkylation sites (N-methyl/N-ethyl adjacent to an activating group) is 1. The number of methoxy groups -OCH3 is 1. The van der Waals surface area contributed by atoms with Gasteiger partial charge in [-0.25, -0.2) is 14.4 Å². The zero-order valence-corrected chi connectivity index (χ0v) is 36.9. The molecule has 0 aromatic heterocycles. The Morgan fingerprint density at radius 1 is 0.721 bits per heavy atom. The fraction of sp³-hybridized carbons (Fsp3) is 0.886. The average Bonchev–Trinajstić information content (AvgIpc) is 3.19. The number of nitrogens with one attached hydrogen (secondary N) is 3. The molecule has 3 saturated heterocycles. The Bertz CT molecular complexity index is 1450. The van der Waals surface area contributed by atoms with E-state index in [2.05, 4.69) is 10.6 Å². The second kappa shape index (κ2) is 23.5. The number of unbranched alkanes of at least 4 members (excludes halogenated alkanes) is 1. The predicted molar refractivity (Wildman–Crippen MR) is 195 cm³/mol. The van der Waals surface area contributed by atoms with Crippen molar-refractivity contribution in [1.29, 1.82) is 0 Å². The van der Waals surface area contributed by atoms with E-state index in [-0.39, 0.29) is 39.1 Å². The van der Waals surface area contributed by atoms with Gasteiger partial charge in [-0.05, 0) is 20.4 Å². The molecule has 26 heteroatoms. The fourth-order valence-corrected chi connectivity index (χ4v) is 7.61. The Hall–Kier alpha value is -1.70. The largest absolute Gasteiger partial charge is 0.670 e. The van der Waals surface area contributed by atoms with Crippen LogP contribution < -0.4 is 10.6 Å². The number of aliphatic hydroxyl groups excluding tert-OH is 9. The molecule has 0 aromatic carbocycles. The zero-order chi connectivity index (χ0) is 45.5. The molecular formula is C35H60N3O22Y-. The van der Waals surface area contributed by atoms with Crippen molar-refractivity contribution in [3.8, 4) is 0 Å². The second-order valence-electron chi connectivity index (χ2n) is 15.4. The number of carbonyl (C=O) groups is 4. The quantitative estimate of drug-likeness (QED) is 0.0481. The maximum absolute atomic E-state index is 12.9. The van der Waals surface area contributed by atoms with E-state index in [0.717, 1.165) is 14.0 Å². The van der Waals surface area contributed by atoms with Crippen molar-refractivity contribution >= 4 is 23.8 Å². The van der Waals surface area contributed by atoms with E-state index >= 15 is 0 Å². The van der Waals surface area contributed by atoms with Crippen LogP contribution in [-0.2, 0) is 80.3 Å². The summed E-state index contributed by atoms with van der Waals surface area (Å²) in [5.41, 5.74) is 6.48. The molecule has 0 aliphatic carbocycles. The normalized spacial score (nSPS) is 37.2. The van der Waals surface area contributed by atoms with Crippen LogP contribution in [0.25, 0.3) is 5.73 Å². The zero-order valence-electron chi connectivity index (χ0n) is 34.1. The smallest absolute Gasteiger partial charge is 0.364 e. The first-order chi connectivity index (χ1) is 28.1. The van der Waals surface area contributed by atoms with E-state index < -0.39 is 171 Å². The van der Waals surface area contributed by atoms with Crippen molar-refractivity contribution in [2.24, 2.45) is 0 Å². The average molecular weight is 964 g/mol. The minimum Gasteiger partial charge on any atom is -0.670 e. The molecule has 3 aliphatic heterocycles. The molecule has 15 N–H and O–H groups in total. The van der Waals surface area contributed by atoms with Crippen LogP contribution in [0, 0.1) is 0 Å². The van der Waals surface area contributed by atoms with Crippen molar-refractivity contribution in [2.45, 2.75) is 161 Å². The van der Waals surface area contributed by atoms with Gasteiger partial charge in [-0.15, -0.1) is 0 Å². The number of rotatable bonds is 22. The number of carbonyl (C=O) groups excluding carboxylic acids is 1. The number of hydrogen-bond donors (Lipinski definition) is 14. The van der Waals surface area contributed by atoms with Gasteiger partial charge < -0.3 is 106 Å². The van der Waals surface area contributed by atoms with Gasteiger partial charge in [0, 0.05) is 71.6 Å². The molecule has 3 fully saturated rings.